The summed E-state index contributed by atoms with van der Waals surface area (Å²) >= 11 is 0. The van der Waals surface area contributed by atoms with Crippen LogP contribution in [0.1, 0.15) is 35.2 Å². The monoisotopic (exact) mass is 222 g/mol. The van der Waals surface area contributed by atoms with Gasteiger partial charge < -0.3 is 5.11 Å². The summed E-state index contributed by atoms with van der Waals surface area (Å²) in [7, 11) is 0. The van der Waals surface area contributed by atoms with Crippen LogP contribution in [-0.2, 0) is 10.2 Å². The molecule has 0 spiro atoms. The third-order valence-corrected chi connectivity index (χ3v) is 3.06. The normalized spacial score (nSPS) is 16.8. The minimum absolute atomic E-state index is 0.000523. The number of aliphatic carboxylic acids is 1. The number of carboxylic acid groups (broad SMARTS) is 1. The first kappa shape index (κ1) is 10.8. The van der Waals surface area contributed by atoms with Crippen LogP contribution in [0.2, 0.25) is 0 Å². The lowest BCUT2D eigenvalue weighted by molar-refractivity contribution is -0.137. The van der Waals surface area contributed by atoms with Gasteiger partial charge in [0.2, 0.25) is 0 Å². The molecule has 0 aliphatic heterocycles. The number of hydrogen-bond acceptors (Lipinski definition) is 2. The van der Waals surface area contributed by atoms with Crippen molar-refractivity contribution < 1.29 is 19.1 Å². The van der Waals surface area contributed by atoms with E-state index in [0.717, 1.165) is 18.9 Å². The third kappa shape index (κ3) is 1.83. The minimum Gasteiger partial charge on any atom is -0.481 e. The van der Waals surface area contributed by atoms with Gasteiger partial charge in [-0.3, -0.25) is 9.59 Å². The second-order valence-electron chi connectivity index (χ2n) is 4.20. The molecule has 0 saturated heterocycles. The van der Waals surface area contributed by atoms with Gasteiger partial charge in [-0.25, -0.2) is 4.39 Å². The zero-order valence-electron chi connectivity index (χ0n) is 8.57. The third-order valence-electron chi connectivity index (χ3n) is 3.06. The van der Waals surface area contributed by atoms with E-state index in [9.17, 15) is 14.0 Å². The number of rotatable bonds is 4. The molecule has 16 heavy (non-hydrogen) atoms. The Labute approximate surface area is 91.9 Å². The molecule has 84 valence electrons. The van der Waals surface area contributed by atoms with Crippen LogP contribution in [0.5, 0.6) is 0 Å². The zero-order chi connectivity index (χ0) is 11.8. The number of benzene rings is 1. The van der Waals surface area contributed by atoms with E-state index in [1.807, 2.05) is 0 Å². The quantitative estimate of drug-likeness (QED) is 0.794. The van der Waals surface area contributed by atoms with Gasteiger partial charge in [-0.2, -0.15) is 0 Å². The first-order valence-electron chi connectivity index (χ1n) is 5.04. The van der Waals surface area contributed by atoms with Crippen molar-refractivity contribution in [1.82, 2.24) is 0 Å². The summed E-state index contributed by atoms with van der Waals surface area (Å²) in [6, 6.07) is 3.95. The largest absolute Gasteiger partial charge is 0.481 e. The van der Waals surface area contributed by atoms with Crippen LogP contribution >= 0.6 is 0 Å². The molecule has 1 aliphatic rings. The van der Waals surface area contributed by atoms with Crippen LogP contribution in [0.15, 0.2) is 18.2 Å². The van der Waals surface area contributed by atoms with Crippen LogP contribution < -0.4 is 0 Å². The van der Waals surface area contributed by atoms with Gasteiger partial charge in [0.05, 0.1) is 6.42 Å². The highest BCUT2D eigenvalue weighted by Crippen LogP contribution is 2.51. The molecule has 1 fully saturated rings. The molecule has 3 nitrogen and oxygen atoms in total. The number of halogens is 1. The van der Waals surface area contributed by atoms with Gasteiger partial charge in [0.25, 0.3) is 0 Å². The highest BCUT2D eigenvalue weighted by Gasteiger charge is 2.47. The fraction of sp³-hybridized carbons (Fsp3) is 0.333. The van der Waals surface area contributed by atoms with E-state index in [4.69, 9.17) is 5.11 Å². The Morgan fingerprint density at radius 3 is 2.69 bits per heavy atom. The van der Waals surface area contributed by atoms with E-state index in [0.29, 0.717) is 11.8 Å². The summed E-state index contributed by atoms with van der Waals surface area (Å²) in [5.41, 5.74) is 0.473. The van der Waals surface area contributed by atoms with Gasteiger partial charge >= 0.3 is 5.97 Å². The summed E-state index contributed by atoms with van der Waals surface area (Å²) in [5.74, 6) is -1.37. The summed E-state index contributed by atoms with van der Waals surface area (Å²) in [5, 5.41) is 8.81. The highest BCUT2D eigenvalue weighted by molar-refractivity contribution is 5.80. The Hall–Kier alpha value is -1.71. The van der Waals surface area contributed by atoms with Gasteiger partial charge in [0, 0.05) is 11.0 Å². The van der Waals surface area contributed by atoms with Gasteiger partial charge in [0.15, 0.2) is 0 Å². The summed E-state index contributed by atoms with van der Waals surface area (Å²) in [6.07, 6.45) is 2.07. The standard InChI is InChI=1S/C12H11FO3/c13-9-1-2-10(8(5-9)7-14)12(3-4-12)6-11(15)16/h1-2,5,7H,3-4,6H2,(H,15,16). The second-order valence-corrected chi connectivity index (χ2v) is 4.20. The molecule has 1 aromatic carbocycles. The maximum atomic E-state index is 12.9. The molecule has 0 atom stereocenters. The smallest absolute Gasteiger partial charge is 0.304 e. The second kappa shape index (κ2) is 3.70. The lowest BCUT2D eigenvalue weighted by Gasteiger charge is -2.15. The molecule has 1 aromatic rings. The molecule has 0 radical (unpaired) electrons. The molecule has 1 saturated carbocycles. The molecule has 4 heteroatoms. The maximum absolute atomic E-state index is 12.9. The van der Waals surface area contributed by atoms with Gasteiger partial charge in [-0.1, -0.05) is 6.07 Å². The molecule has 0 amide bonds. The molecule has 1 aliphatic carbocycles. The van der Waals surface area contributed by atoms with Crippen molar-refractivity contribution in [2.75, 3.05) is 0 Å². The van der Waals surface area contributed by atoms with Gasteiger partial charge in [-0.05, 0) is 30.5 Å². The molecule has 0 bridgehead atoms. The Bertz CT molecular complexity index is 450. The van der Waals surface area contributed by atoms with E-state index in [-0.39, 0.29) is 12.0 Å². The number of carbonyl (C=O) groups excluding carboxylic acids is 1. The van der Waals surface area contributed by atoms with Crippen LogP contribution in [0.3, 0.4) is 0 Å². The fourth-order valence-electron chi connectivity index (χ4n) is 2.10. The Morgan fingerprint density at radius 1 is 1.50 bits per heavy atom. The lowest BCUT2D eigenvalue weighted by atomic mass is 9.89. The Kier molecular flexibility index (Phi) is 2.50. The predicted molar refractivity (Wildman–Crippen MR) is 55.0 cm³/mol. The van der Waals surface area contributed by atoms with Crippen LogP contribution in [0.25, 0.3) is 0 Å². The van der Waals surface area contributed by atoms with Crippen molar-refractivity contribution in [3.8, 4) is 0 Å². The van der Waals surface area contributed by atoms with Gasteiger partial charge in [-0.15, -0.1) is 0 Å². The number of carboxylic acids is 1. The molecule has 1 N–H and O–H groups in total. The first-order chi connectivity index (χ1) is 7.57. The van der Waals surface area contributed by atoms with Crippen LogP contribution in [-0.4, -0.2) is 17.4 Å². The maximum Gasteiger partial charge on any atom is 0.304 e. The summed E-state index contributed by atoms with van der Waals surface area (Å²) < 4.78 is 12.9. The Morgan fingerprint density at radius 2 is 2.19 bits per heavy atom. The average Bonchev–Trinajstić information content (AvgIpc) is 2.97. The average molecular weight is 222 g/mol. The van der Waals surface area contributed by atoms with Crippen molar-refractivity contribution in [2.45, 2.75) is 24.7 Å². The van der Waals surface area contributed by atoms with E-state index in [1.165, 1.54) is 12.1 Å². The topological polar surface area (TPSA) is 54.4 Å². The van der Waals surface area contributed by atoms with Crippen LogP contribution in [0, 0.1) is 5.82 Å². The first-order valence-corrected chi connectivity index (χ1v) is 5.04. The lowest BCUT2D eigenvalue weighted by Crippen LogP contribution is -2.15. The van der Waals surface area contributed by atoms with E-state index in [1.54, 1.807) is 0 Å². The fourth-order valence-corrected chi connectivity index (χ4v) is 2.10. The van der Waals surface area contributed by atoms with E-state index < -0.39 is 17.2 Å². The van der Waals surface area contributed by atoms with Crippen molar-refractivity contribution in [3.63, 3.8) is 0 Å². The molecule has 0 aromatic heterocycles. The SMILES string of the molecule is O=Cc1cc(F)ccc1C1(CC(=O)O)CC1. The summed E-state index contributed by atoms with van der Waals surface area (Å²) in [4.78, 5) is 21.6. The number of aldehydes is 1. The molecular formula is C12H11FO3. The zero-order valence-corrected chi connectivity index (χ0v) is 8.57. The van der Waals surface area contributed by atoms with Gasteiger partial charge in [0.1, 0.15) is 12.1 Å². The molecular weight excluding hydrogens is 211 g/mol. The van der Waals surface area contributed by atoms with Crippen molar-refractivity contribution >= 4 is 12.3 Å². The van der Waals surface area contributed by atoms with Crippen molar-refractivity contribution in [2.24, 2.45) is 0 Å². The molecule has 2 rings (SSSR count). The highest BCUT2D eigenvalue weighted by atomic mass is 19.1. The minimum atomic E-state index is -0.890. The number of carbonyl (C=O) groups is 2. The molecule has 0 unspecified atom stereocenters. The number of hydrogen-bond donors (Lipinski definition) is 1. The van der Waals surface area contributed by atoms with Crippen molar-refractivity contribution in [1.29, 1.82) is 0 Å². The van der Waals surface area contributed by atoms with Crippen LogP contribution in [0.4, 0.5) is 4.39 Å². The summed E-state index contributed by atoms with van der Waals surface area (Å²) in [6.45, 7) is 0. The van der Waals surface area contributed by atoms with E-state index in [2.05, 4.69) is 0 Å². The molecule has 0 heterocycles. The Balaban J connectivity index is 2.40. The van der Waals surface area contributed by atoms with E-state index >= 15 is 0 Å². The predicted octanol–water partition coefficient (Wildman–Crippen LogP) is 2.14. The van der Waals surface area contributed by atoms with Crippen molar-refractivity contribution in [3.05, 3.63) is 35.1 Å².